The van der Waals surface area contributed by atoms with Crippen LogP contribution in [-0.2, 0) is 13.5 Å². The van der Waals surface area contributed by atoms with Crippen LogP contribution in [0.25, 0.3) is 0 Å². The van der Waals surface area contributed by atoms with E-state index in [1.807, 2.05) is 6.92 Å². The summed E-state index contributed by atoms with van der Waals surface area (Å²) in [6.45, 7) is 2.54. The average molecular weight is 274 g/mol. The fourth-order valence-corrected chi connectivity index (χ4v) is 1.90. The Kier molecular flexibility index (Phi) is 4.34. The fraction of sp³-hybridized carbons (Fsp3) is 0.357. The number of hydrogen-bond acceptors (Lipinski definition) is 3. The van der Waals surface area contributed by atoms with Gasteiger partial charge >= 0.3 is 0 Å². The Hall–Kier alpha value is -2.37. The maximum Gasteiger partial charge on any atom is 0.251 e. The molecule has 0 bridgehead atoms. The Morgan fingerprint density at radius 3 is 2.95 bits per heavy atom. The third-order valence-electron chi connectivity index (χ3n) is 3.21. The normalized spacial score (nSPS) is 10.5. The van der Waals surface area contributed by atoms with E-state index >= 15 is 0 Å². The van der Waals surface area contributed by atoms with E-state index in [2.05, 4.69) is 15.5 Å². The number of rotatable bonds is 5. The molecule has 0 fully saturated rings. The van der Waals surface area contributed by atoms with Crippen LogP contribution < -0.4 is 10.9 Å². The molecule has 2 heterocycles. The molecule has 0 radical (unpaired) electrons. The number of carbonyl (C=O) groups excluding carboxylic acids is 1. The van der Waals surface area contributed by atoms with Gasteiger partial charge in [-0.05, 0) is 31.4 Å². The molecule has 0 aliphatic rings. The summed E-state index contributed by atoms with van der Waals surface area (Å²) in [7, 11) is 1.65. The minimum atomic E-state index is -0.216. The molecule has 0 spiro atoms. The largest absolute Gasteiger partial charge is 0.352 e. The molecule has 2 aromatic heterocycles. The number of nitrogens with zero attached hydrogens (tertiary/aromatic N) is 2. The monoisotopic (exact) mass is 274 g/mol. The van der Waals surface area contributed by atoms with E-state index in [-0.39, 0.29) is 11.5 Å². The zero-order valence-corrected chi connectivity index (χ0v) is 11.6. The van der Waals surface area contributed by atoms with E-state index in [9.17, 15) is 9.59 Å². The molecular weight excluding hydrogens is 256 g/mol. The Balaban J connectivity index is 1.82. The van der Waals surface area contributed by atoms with E-state index < -0.39 is 0 Å². The van der Waals surface area contributed by atoms with Crippen molar-refractivity contribution in [1.29, 1.82) is 0 Å². The van der Waals surface area contributed by atoms with E-state index in [4.69, 9.17) is 0 Å². The summed E-state index contributed by atoms with van der Waals surface area (Å²) >= 11 is 0. The summed E-state index contributed by atoms with van der Waals surface area (Å²) in [6, 6.07) is 2.98. The lowest BCUT2D eigenvalue weighted by Crippen LogP contribution is -2.27. The zero-order valence-electron chi connectivity index (χ0n) is 11.6. The van der Waals surface area contributed by atoms with Gasteiger partial charge in [-0.1, -0.05) is 0 Å². The molecular formula is C14H18N4O2. The molecule has 2 rings (SSSR count). The molecule has 2 aromatic rings. The number of amides is 1. The predicted octanol–water partition coefficient (Wildman–Crippen LogP) is 0.779. The summed E-state index contributed by atoms with van der Waals surface area (Å²) in [5, 5.41) is 9.64. The highest BCUT2D eigenvalue weighted by atomic mass is 16.2. The Labute approximate surface area is 116 Å². The summed E-state index contributed by atoms with van der Waals surface area (Å²) in [5.74, 6) is -0.216. The van der Waals surface area contributed by atoms with Gasteiger partial charge in [0, 0.05) is 37.1 Å². The first kappa shape index (κ1) is 14.0. The lowest BCUT2D eigenvalue weighted by molar-refractivity contribution is 0.0953. The molecule has 0 atom stereocenters. The molecule has 106 valence electrons. The second-order valence-electron chi connectivity index (χ2n) is 4.74. The van der Waals surface area contributed by atoms with Gasteiger partial charge in [0.1, 0.15) is 0 Å². The molecule has 0 aliphatic heterocycles. The van der Waals surface area contributed by atoms with Gasteiger partial charge in [0.15, 0.2) is 0 Å². The average Bonchev–Trinajstić information content (AvgIpc) is 2.83. The highest BCUT2D eigenvalue weighted by molar-refractivity contribution is 5.93. The predicted molar refractivity (Wildman–Crippen MR) is 75.7 cm³/mol. The number of carbonyl (C=O) groups is 1. The zero-order chi connectivity index (χ0) is 14.5. The van der Waals surface area contributed by atoms with Gasteiger partial charge < -0.3 is 9.88 Å². The molecule has 1 amide bonds. The molecule has 20 heavy (non-hydrogen) atoms. The second-order valence-corrected chi connectivity index (χ2v) is 4.74. The molecule has 0 aliphatic carbocycles. The molecule has 6 heteroatoms. The van der Waals surface area contributed by atoms with Gasteiger partial charge in [0.05, 0.1) is 6.20 Å². The van der Waals surface area contributed by atoms with Crippen LogP contribution >= 0.6 is 0 Å². The van der Waals surface area contributed by atoms with Crippen molar-refractivity contribution in [2.24, 2.45) is 7.05 Å². The minimum Gasteiger partial charge on any atom is -0.352 e. The third kappa shape index (κ3) is 3.34. The summed E-state index contributed by atoms with van der Waals surface area (Å²) < 4.78 is 1.43. The molecule has 0 unspecified atom stereocenters. The number of pyridine rings is 1. The molecule has 6 nitrogen and oxygen atoms in total. The van der Waals surface area contributed by atoms with Crippen molar-refractivity contribution < 1.29 is 4.79 Å². The van der Waals surface area contributed by atoms with Crippen LogP contribution in [-0.4, -0.2) is 27.2 Å². The van der Waals surface area contributed by atoms with Gasteiger partial charge in [0.25, 0.3) is 11.5 Å². The van der Waals surface area contributed by atoms with E-state index in [1.54, 1.807) is 25.5 Å². The van der Waals surface area contributed by atoms with Gasteiger partial charge in [-0.15, -0.1) is 0 Å². The third-order valence-corrected chi connectivity index (χ3v) is 3.21. The SMILES string of the molecule is Cc1[nH]ncc1CCCNC(=O)c1ccn(C)c(=O)c1. The standard InChI is InChI=1S/C14H18N4O2/c1-10-12(9-16-17-10)4-3-6-15-14(20)11-5-7-18(2)13(19)8-11/h5,7-9H,3-4,6H2,1-2H3,(H,15,20)(H,16,17). The first-order valence-electron chi connectivity index (χ1n) is 6.51. The Bertz CT molecular complexity index is 657. The number of aromatic amines is 1. The molecule has 0 aromatic carbocycles. The summed E-state index contributed by atoms with van der Waals surface area (Å²) in [6.07, 6.45) is 5.08. The summed E-state index contributed by atoms with van der Waals surface area (Å²) in [4.78, 5) is 23.3. The lowest BCUT2D eigenvalue weighted by Gasteiger charge is -2.05. The van der Waals surface area contributed by atoms with Crippen molar-refractivity contribution in [2.75, 3.05) is 6.54 Å². The number of H-pyrrole nitrogens is 1. The van der Waals surface area contributed by atoms with Crippen molar-refractivity contribution in [3.63, 3.8) is 0 Å². The Morgan fingerprint density at radius 1 is 1.50 bits per heavy atom. The second kappa shape index (κ2) is 6.18. The number of hydrogen-bond donors (Lipinski definition) is 2. The smallest absolute Gasteiger partial charge is 0.251 e. The van der Waals surface area contributed by atoms with Crippen LogP contribution in [0.5, 0.6) is 0 Å². The lowest BCUT2D eigenvalue weighted by atomic mass is 10.1. The van der Waals surface area contributed by atoms with Crippen LogP contribution in [0.1, 0.15) is 28.0 Å². The van der Waals surface area contributed by atoms with Crippen molar-refractivity contribution in [1.82, 2.24) is 20.1 Å². The van der Waals surface area contributed by atoms with Crippen LogP contribution in [0.15, 0.2) is 29.3 Å². The van der Waals surface area contributed by atoms with Gasteiger partial charge in [-0.3, -0.25) is 14.7 Å². The van der Waals surface area contributed by atoms with E-state index in [1.165, 1.54) is 10.6 Å². The van der Waals surface area contributed by atoms with Crippen molar-refractivity contribution >= 4 is 5.91 Å². The molecule has 0 saturated carbocycles. The first-order valence-corrected chi connectivity index (χ1v) is 6.51. The topological polar surface area (TPSA) is 79.8 Å². The first-order chi connectivity index (χ1) is 9.58. The highest BCUT2D eigenvalue weighted by Crippen LogP contribution is 2.05. The minimum absolute atomic E-state index is 0.188. The van der Waals surface area contributed by atoms with Crippen molar-refractivity contribution in [2.45, 2.75) is 19.8 Å². The number of aryl methyl sites for hydroxylation is 3. The van der Waals surface area contributed by atoms with Crippen LogP contribution in [0.4, 0.5) is 0 Å². The number of nitrogens with one attached hydrogen (secondary N) is 2. The van der Waals surface area contributed by atoms with E-state index in [0.717, 1.165) is 24.1 Å². The van der Waals surface area contributed by atoms with Gasteiger partial charge in [0.2, 0.25) is 0 Å². The van der Waals surface area contributed by atoms with Crippen LogP contribution in [0, 0.1) is 6.92 Å². The van der Waals surface area contributed by atoms with Crippen LogP contribution in [0.2, 0.25) is 0 Å². The van der Waals surface area contributed by atoms with Gasteiger partial charge in [-0.2, -0.15) is 5.10 Å². The van der Waals surface area contributed by atoms with Crippen molar-refractivity contribution in [3.8, 4) is 0 Å². The van der Waals surface area contributed by atoms with Crippen molar-refractivity contribution in [3.05, 3.63) is 51.7 Å². The highest BCUT2D eigenvalue weighted by Gasteiger charge is 2.06. The van der Waals surface area contributed by atoms with E-state index in [0.29, 0.717) is 12.1 Å². The summed E-state index contributed by atoms with van der Waals surface area (Å²) in [5.41, 5.74) is 2.43. The van der Waals surface area contributed by atoms with Gasteiger partial charge in [-0.25, -0.2) is 0 Å². The maximum atomic E-state index is 11.9. The molecule has 0 saturated heterocycles. The molecule has 2 N–H and O–H groups in total. The Morgan fingerprint density at radius 2 is 2.30 bits per heavy atom. The maximum absolute atomic E-state index is 11.9. The van der Waals surface area contributed by atoms with Crippen LogP contribution in [0.3, 0.4) is 0 Å². The number of aromatic nitrogens is 3. The quantitative estimate of drug-likeness (QED) is 0.791. The fourth-order valence-electron chi connectivity index (χ4n) is 1.90.